The van der Waals surface area contributed by atoms with Crippen molar-refractivity contribution in [2.45, 2.75) is 50.7 Å². The predicted octanol–water partition coefficient (Wildman–Crippen LogP) is 2.69. The number of halogens is 1. The van der Waals surface area contributed by atoms with Crippen LogP contribution in [-0.4, -0.2) is 16.9 Å². The van der Waals surface area contributed by atoms with E-state index in [0.29, 0.717) is 6.42 Å². The van der Waals surface area contributed by atoms with Gasteiger partial charge in [0.15, 0.2) is 0 Å². The Labute approximate surface area is 150 Å². The van der Waals surface area contributed by atoms with E-state index in [0.717, 1.165) is 35.5 Å². The summed E-state index contributed by atoms with van der Waals surface area (Å²) in [5.74, 6) is -0.267. The zero-order valence-electron chi connectivity index (χ0n) is 14.0. The summed E-state index contributed by atoms with van der Waals surface area (Å²) in [5, 5.41) is 4.21. The second-order valence-corrected chi connectivity index (χ2v) is 7.96. The van der Waals surface area contributed by atoms with E-state index in [-0.39, 0.29) is 29.8 Å². The lowest BCUT2D eigenvalue weighted by Gasteiger charge is -2.23. The number of hydrazine groups is 1. The number of fused-ring (bicyclic) bond motifs is 1. The molecule has 25 heavy (non-hydrogen) atoms. The minimum Gasteiger partial charge on any atom is -0.346 e. The van der Waals surface area contributed by atoms with E-state index >= 15 is 0 Å². The van der Waals surface area contributed by atoms with Gasteiger partial charge in [-0.05, 0) is 50.3 Å². The van der Waals surface area contributed by atoms with Gasteiger partial charge in [-0.2, -0.15) is 0 Å². The molecule has 2 heterocycles. The van der Waals surface area contributed by atoms with Crippen molar-refractivity contribution in [3.8, 4) is 0 Å². The molecule has 1 fully saturated rings. The number of benzene rings is 1. The maximum atomic E-state index is 13.1. The van der Waals surface area contributed by atoms with E-state index < -0.39 is 0 Å². The molecular formula is C18H21FN4OS. The van der Waals surface area contributed by atoms with Crippen LogP contribution in [0.4, 0.5) is 4.39 Å². The number of aryl methyl sites for hydroxylation is 2. The molecule has 132 valence electrons. The molecule has 1 aromatic heterocycles. The van der Waals surface area contributed by atoms with Crippen LogP contribution in [0, 0.1) is 12.7 Å². The van der Waals surface area contributed by atoms with Gasteiger partial charge >= 0.3 is 0 Å². The Hall–Kier alpha value is -1.83. The Morgan fingerprint density at radius 3 is 2.92 bits per heavy atom. The van der Waals surface area contributed by atoms with Crippen LogP contribution in [-0.2, 0) is 11.2 Å². The third kappa shape index (κ3) is 3.44. The van der Waals surface area contributed by atoms with E-state index in [4.69, 9.17) is 0 Å². The SMILES string of the molecule is Cc1nc2c(s1)CCCC2NC(=O)C1CC(c2ccc(F)cc2)NN1. The fourth-order valence-electron chi connectivity index (χ4n) is 3.59. The van der Waals surface area contributed by atoms with Crippen molar-refractivity contribution in [3.63, 3.8) is 0 Å². The summed E-state index contributed by atoms with van der Waals surface area (Å²) < 4.78 is 13.1. The third-order valence-corrected chi connectivity index (χ3v) is 5.92. The van der Waals surface area contributed by atoms with Gasteiger partial charge in [-0.1, -0.05) is 12.1 Å². The zero-order valence-corrected chi connectivity index (χ0v) is 14.8. The van der Waals surface area contributed by atoms with Gasteiger partial charge in [0.05, 0.1) is 16.7 Å². The quantitative estimate of drug-likeness (QED) is 0.787. The molecule has 1 aromatic carbocycles. The Kier molecular flexibility index (Phi) is 4.54. The van der Waals surface area contributed by atoms with Crippen LogP contribution >= 0.6 is 11.3 Å². The number of hydrogen-bond donors (Lipinski definition) is 3. The highest BCUT2D eigenvalue weighted by molar-refractivity contribution is 7.11. The van der Waals surface area contributed by atoms with Crippen LogP contribution < -0.4 is 16.2 Å². The summed E-state index contributed by atoms with van der Waals surface area (Å²) >= 11 is 1.73. The minimum absolute atomic E-state index is 0.000200. The summed E-state index contributed by atoms with van der Waals surface area (Å²) in [5.41, 5.74) is 8.22. The van der Waals surface area contributed by atoms with Crippen LogP contribution in [0.3, 0.4) is 0 Å². The fraction of sp³-hybridized carbons (Fsp3) is 0.444. The first kappa shape index (κ1) is 16.6. The van der Waals surface area contributed by atoms with Crippen molar-refractivity contribution >= 4 is 17.2 Å². The summed E-state index contributed by atoms with van der Waals surface area (Å²) in [6.07, 6.45) is 3.70. The maximum Gasteiger partial charge on any atom is 0.239 e. The molecule has 0 bridgehead atoms. The first-order valence-corrected chi connectivity index (χ1v) is 9.45. The average Bonchev–Trinajstić information content (AvgIpc) is 3.22. The minimum atomic E-state index is -0.305. The van der Waals surface area contributed by atoms with E-state index in [1.807, 2.05) is 6.92 Å². The van der Waals surface area contributed by atoms with Gasteiger partial charge in [0, 0.05) is 10.9 Å². The van der Waals surface area contributed by atoms with Gasteiger partial charge < -0.3 is 5.32 Å². The largest absolute Gasteiger partial charge is 0.346 e. The van der Waals surface area contributed by atoms with E-state index in [1.165, 1.54) is 17.0 Å². The summed E-state index contributed by atoms with van der Waals surface area (Å²) in [4.78, 5) is 18.6. The Balaban J connectivity index is 1.40. The van der Waals surface area contributed by atoms with Crippen molar-refractivity contribution in [2.24, 2.45) is 0 Å². The molecule has 1 saturated heterocycles. The Bertz CT molecular complexity index is 776. The van der Waals surface area contributed by atoms with Crippen molar-refractivity contribution in [1.82, 2.24) is 21.2 Å². The molecule has 5 nitrogen and oxygen atoms in total. The number of aromatic nitrogens is 1. The van der Waals surface area contributed by atoms with E-state index in [1.54, 1.807) is 23.5 Å². The van der Waals surface area contributed by atoms with Crippen LogP contribution in [0.1, 0.15) is 52.5 Å². The number of amides is 1. The highest BCUT2D eigenvalue weighted by atomic mass is 32.1. The molecule has 3 atom stereocenters. The molecule has 0 saturated carbocycles. The van der Waals surface area contributed by atoms with Gasteiger partial charge in [0.25, 0.3) is 0 Å². The molecule has 3 N–H and O–H groups in total. The molecule has 2 aromatic rings. The van der Waals surface area contributed by atoms with Gasteiger partial charge in [-0.3, -0.25) is 4.79 Å². The molecular weight excluding hydrogens is 339 g/mol. The zero-order chi connectivity index (χ0) is 17.4. The topological polar surface area (TPSA) is 66.0 Å². The summed E-state index contributed by atoms with van der Waals surface area (Å²) in [6, 6.07) is 6.09. The number of nitrogens with one attached hydrogen (secondary N) is 3. The molecule has 1 amide bonds. The summed E-state index contributed by atoms with van der Waals surface area (Å²) in [7, 11) is 0. The van der Waals surface area contributed by atoms with Crippen LogP contribution in [0.15, 0.2) is 24.3 Å². The molecule has 0 radical (unpaired) electrons. The molecule has 1 aliphatic heterocycles. The molecule has 0 spiro atoms. The average molecular weight is 360 g/mol. The molecule has 2 aliphatic rings. The number of rotatable bonds is 3. The second kappa shape index (κ2) is 6.82. The van der Waals surface area contributed by atoms with Crippen LogP contribution in [0.2, 0.25) is 0 Å². The fourth-order valence-corrected chi connectivity index (χ4v) is 4.63. The van der Waals surface area contributed by atoms with Crippen molar-refractivity contribution in [3.05, 3.63) is 51.2 Å². The number of hydrogen-bond acceptors (Lipinski definition) is 5. The summed E-state index contributed by atoms with van der Waals surface area (Å²) in [6.45, 7) is 2.01. The first-order chi connectivity index (χ1) is 12.1. The van der Waals surface area contributed by atoms with Crippen LogP contribution in [0.25, 0.3) is 0 Å². The monoisotopic (exact) mass is 360 g/mol. The maximum absolute atomic E-state index is 13.1. The van der Waals surface area contributed by atoms with Crippen molar-refractivity contribution in [1.29, 1.82) is 0 Å². The molecule has 3 unspecified atom stereocenters. The molecule has 4 rings (SSSR count). The normalized spacial score (nSPS) is 25.6. The number of nitrogens with zero attached hydrogens (tertiary/aromatic N) is 1. The van der Waals surface area contributed by atoms with E-state index in [2.05, 4.69) is 21.2 Å². The smallest absolute Gasteiger partial charge is 0.239 e. The predicted molar refractivity (Wildman–Crippen MR) is 94.5 cm³/mol. The van der Waals surface area contributed by atoms with Crippen molar-refractivity contribution in [2.75, 3.05) is 0 Å². The van der Waals surface area contributed by atoms with Gasteiger partial charge in [-0.25, -0.2) is 20.2 Å². The first-order valence-electron chi connectivity index (χ1n) is 8.63. The number of carbonyl (C=O) groups is 1. The second-order valence-electron chi connectivity index (χ2n) is 6.68. The lowest BCUT2D eigenvalue weighted by Crippen LogP contribution is -2.45. The third-order valence-electron chi connectivity index (χ3n) is 4.87. The van der Waals surface area contributed by atoms with Crippen LogP contribution in [0.5, 0.6) is 0 Å². The highest BCUT2D eigenvalue weighted by Crippen LogP contribution is 2.33. The lowest BCUT2D eigenvalue weighted by molar-refractivity contribution is -0.123. The molecule has 7 heteroatoms. The van der Waals surface area contributed by atoms with Crippen molar-refractivity contribution < 1.29 is 9.18 Å². The van der Waals surface area contributed by atoms with Gasteiger partial charge in [0.1, 0.15) is 11.9 Å². The Morgan fingerprint density at radius 1 is 1.32 bits per heavy atom. The highest BCUT2D eigenvalue weighted by Gasteiger charge is 2.33. The van der Waals surface area contributed by atoms with Gasteiger partial charge in [0.2, 0.25) is 5.91 Å². The lowest BCUT2D eigenvalue weighted by atomic mass is 9.96. The van der Waals surface area contributed by atoms with Gasteiger partial charge in [-0.15, -0.1) is 11.3 Å². The Morgan fingerprint density at radius 2 is 2.12 bits per heavy atom. The standard InChI is InChI=1S/C18H21FN4OS/c1-10-20-17-13(3-2-4-16(17)25-10)21-18(24)15-9-14(22-23-15)11-5-7-12(19)8-6-11/h5-8,13-15,22-23H,2-4,9H2,1H3,(H,21,24). The van der Waals surface area contributed by atoms with E-state index in [9.17, 15) is 9.18 Å². The number of carbonyl (C=O) groups excluding carboxylic acids is 1. The number of thiazole rings is 1. The molecule has 1 aliphatic carbocycles.